The van der Waals surface area contributed by atoms with Gasteiger partial charge in [0.05, 0.1) is 33.9 Å². The third-order valence-electron chi connectivity index (χ3n) is 10.1. The zero-order valence-electron chi connectivity index (χ0n) is 30.2. The molecule has 2 aliphatic carbocycles. The lowest BCUT2D eigenvalue weighted by molar-refractivity contribution is -0.118. The number of hydrogen-bond acceptors (Lipinski definition) is 6. The van der Waals surface area contributed by atoms with Gasteiger partial charge in [0, 0.05) is 25.7 Å². The predicted octanol–water partition coefficient (Wildman–Crippen LogP) is 11.0. The van der Waals surface area contributed by atoms with Crippen molar-refractivity contribution in [2.45, 2.75) is 66.2 Å². The van der Waals surface area contributed by atoms with Crippen LogP contribution in [0.1, 0.15) is 64.5 Å². The van der Waals surface area contributed by atoms with Gasteiger partial charge in [-0.2, -0.15) is 0 Å². The van der Waals surface area contributed by atoms with E-state index in [1.165, 1.54) is 0 Å². The maximum absolute atomic E-state index is 13.6. The van der Waals surface area contributed by atoms with Crippen LogP contribution in [0, 0.1) is 10.8 Å². The SMILES string of the molecule is CC1(C)CC(=O)C(=C(O)Cc2cccc3ccccc23)C(=Nc2ccc(N=C3CC(C)(C)CC(=O)C3=C(O)Cc3cccc4ccccc34)cc2)C1. The van der Waals surface area contributed by atoms with Gasteiger partial charge in [0.2, 0.25) is 0 Å². The van der Waals surface area contributed by atoms with Crippen molar-refractivity contribution in [3.8, 4) is 0 Å². The minimum Gasteiger partial charge on any atom is -0.511 e. The first-order valence-corrected chi connectivity index (χ1v) is 18.0. The molecule has 52 heavy (non-hydrogen) atoms. The molecule has 0 heterocycles. The number of hydrogen-bond donors (Lipinski definition) is 2. The van der Waals surface area contributed by atoms with Gasteiger partial charge in [-0.05, 0) is 80.6 Å². The molecule has 0 atom stereocenters. The van der Waals surface area contributed by atoms with Crippen molar-refractivity contribution >= 4 is 55.9 Å². The number of nitrogens with zero attached hydrogens (tertiary/aromatic N) is 2. The molecule has 5 aromatic carbocycles. The Bertz CT molecular complexity index is 2180. The second kappa shape index (κ2) is 13.8. The third kappa shape index (κ3) is 7.38. The Morgan fingerprint density at radius 3 is 1.29 bits per heavy atom. The first-order valence-electron chi connectivity index (χ1n) is 18.0. The Morgan fingerprint density at radius 1 is 0.519 bits per heavy atom. The topological polar surface area (TPSA) is 99.3 Å². The van der Waals surface area contributed by atoms with Crippen LogP contribution in [0.15, 0.2) is 142 Å². The molecule has 0 radical (unpaired) electrons. The summed E-state index contributed by atoms with van der Waals surface area (Å²) in [6.07, 6.45) is 2.20. The van der Waals surface area contributed by atoms with Crippen LogP contribution in [0.3, 0.4) is 0 Å². The quantitative estimate of drug-likeness (QED) is 0.137. The molecule has 2 aliphatic rings. The molecule has 262 valence electrons. The fourth-order valence-electron chi connectivity index (χ4n) is 7.77. The number of allylic oxidation sites excluding steroid dienone is 4. The molecule has 0 bridgehead atoms. The molecule has 2 fully saturated rings. The van der Waals surface area contributed by atoms with Gasteiger partial charge in [-0.1, -0.05) is 113 Å². The van der Waals surface area contributed by atoms with E-state index in [1.807, 2.05) is 137 Å². The Morgan fingerprint density at radius 2 is 0.885 bits per heavy atom. The van der Waals surface area contributed by atoms with Gasteiger partial charge >= 0.3 is 0 Å². The van der Waals surface area contributed by atoms with Gasteiger partial charge < -0.3 is 10.2 Å². The van der Waals surface area contributed by atoms with Crippen LogP contribution in [0.25, 0.3) is 21.5 Å². The number of rotatable bonds is 6. The number of fused-ring (bicyclic) bond motifs is 2. The van der Waals surface area contributed by atoms with E-state index in [0.29, 0.717) is 59.6 Å². The zero-order chi connectivity index (χ0) is 36.6. The summed E-state index contributed by atoms with van der Waals surface area (Å²) in [5.41, 5.74) is 4.30. The monoisotopic (exact) mass is 688 g/mol. The van der Waals surface area contributed by atoms with E-state index in [0.717, 1.165) is 32.7 Å². The second-order valence-corrected chi connectivity index (χ2v) is 15.8. The third-order valence-corrected chi connectivity index (χ3v) is 10.1. The van der Waals surface area contributed by atoms with Gasteiger partial charge in [-0.15, -0.1) is 0 Å². The summed E-state index contributed by atoms with van der Waals surface area (Å²) in [5, 5.41) is 27.2. The first kappa shape index (κ1) is 34.8. The minimum absolute atomic E-state index is 0.0332. The average Bonchev–Trinajstić information content (AvgIpc) is 3.08. The number of aliphatic hydroxyl groups excluding tert-OH is 2. The number of carbonyl (C=O) groups excluding carboxylic acids is 2. The molecule has 0 aromatic heterocycles. The van der Waals surface area contributed by atoms with Gasteiger partial charge in [0.1, 0.15) is 11.5 Å². The number of ketones is 2. The molecule has 6 nitrogen and oxygen atoms in total. The van der Waals surface area contributed by atoms with Crippen LogP contribution in [0.2, 0.25) is 0 Å². The van der Waals surface area contributed by atoms with Gasteiger partial charge in [0.15, 0.2) is 11.6 Å². The number of aliphatic imine (C=N–C) groups is 2. The average molecular weight is 689 g/mol. The van der Waals surface area contributed by atoms with E-state index < -0.39 is 0 Å². The second-order valence-electron chi connectivity index (χ2n) is 15.8. The molecule has 2 N–H and O–H groups in total. The summed E-state index contributed by atoms with van der Waals surface area (Å²) >= 11 is 0. The summed E-state index contributed by atoms with van der Waals surface area (Å²) < 4.78 is 0. The summed E-state index contributed by atoms with van der Waals surface area (Å²) in [4.78, 5) is 37.0. The molecule has 0 aliphatic heterocycles. The predicted molar refractivity (Wildman–Crippen MR) is 211 cm³/mol. The largest absolute Gasteiger partial charge is 0.511 e. The van der Waals surface area contributed by atoms with Crippen LogP contribution in [0.4, 0.5) is 11.4 Å². The summed E-state index contributed by atoms with van der Waals surface area (Å²) in [7, 11) is 0. The molecule has 0 amide bonds. The van der Waals surface area contributed by atoms with Crippen LogP contribution < -0.4 is 0 Å². The maximum Gasteiger partial charge on any atom is 0.168 e. The Balaban J connectivity index is 1.21. The molecule has 0 spiro atoms. The van der Waals surface area contributed by atoms with Gasteiger partial charge in [-0.25, -0.2) is 0 Å². The highest BCUT2D eigenvalue weighted by Crippen LogP contribution is 2.39. The van der Waals surface area contributed by atoms with E-state index in [1.54, 1.807) is 0 Å². The highest BCUT2D eigenvalue weighted by molar-refractivity contribution is 6.26. The molecule has 0 unspecified atom stereocenters. The Labute approximate surface area is 305 Å². The lowest BCUT2D eigenvalue weighted by Gasteiger charge is -2.31. The van der Waals surface area contributed by atoms with Crippen molar-refractivity contribution in [3.63, 3.8) is 0 Å². The maximum atomic E-state index is 13.6. The van der Waals surface area contributed by atoms with Crippen LogP contribution in [-0.4, -0.2) is 33.2 Å². The van der Waals surface area contributed by atoms with Gasteiger partial charge in [-0.3, -0.25) is 19.6 Å². The molecule has 0 saturated heterocycles. The molecule has 5 aromatic rings. The smallest absolute Gasteiger partial charge is 0.168 e. The van der Waals surface area contributed by atoms with E-state index in [9.17, 15) is 19.8 Å². The van der Waals surface area contributed by atoms with Crippen LogP contribution in [-0.2, 0) is 22.4 Å². The number of benzene rings is 5. The van der Waals surface area contributed by atoms with Gasteiger partial charge in [0.25, 0.3) is 0 Å². The lowest BCUT2D eigenvalue weighted by Crippen LogP contribution is -2.32. The highest BCUT2D eigenvalue weighted by Gasteiger charge is 2.37. The summed E-state index contributed by atoms with van der Waals surface area (Å²) in [6, 6.07) is 35.4. The Hall–Kier alpha value is -5.62. The zero-order valence-corrected chi connectivity index (χ0v) is 30.2. The van der Waals surface area contributed by atoms with Crippen LogP contribution >= 0.6 is 0 Å². The molecular formula is C46H44N2O4. The molecule has 2 saturated carbocycles. The van der Waals surface area contributed by atoms with E-state index >= 15 is 0 Å². The number of carbonyl (C=O) groups is 2. The first-order chi connectivity index (χ1) is 24.9. The van der Waals surface area contributed by atoms with Crippen molar-refractivity contribution in [1.29, 1.82) is 0 Å². The fraction of sp³-hybridized carbons (Fsp3) is 0.261. The van der Waals surface area contributed by atoms with Crippen LogP contribution in [0.5, 0.6) is 0 Å². The van der Waals surface area contributed by atoms with E-state index in [2.05, 4.69) is 0 Å². The fourth-order valence-corrected chi connectivity index (χ4v) is 7.77. The normalized spacial score (nSPS) is 20.8. The van der Waals surface area contributed by atoms with Crippen molar-refractivity contribution in [3.05, 3.63) is 143 Å². The molecule has 7 rings (SSSR count). The number of aliphatic hydroxyl groups is 2. The molecular weight excluding hydrogens is 645 g/mol. The minimum atomic E-state index is -0.303. The highest BCUT2D eigenvalue weighted by atomic mass is 16.3. The standard InChI is InChI=1S/C46H44N2O4/c1-45(2)25-37(43(41(51)27-45)39(49)23-31-15-9-13-29-11-5-7-17-35(29)31)47-33-19-21-34(22-20-33)48-38-26-46(3,4)28-42(52)44(38)40(50)24-32-16-10-14-30-12-6-8-18-36(30)32/h5-22,49-50H,23-28H2,1-4H3. The molecule has 6 heteroatoms. The summed E-state index contributed by atoms with van der Waals surface area (Å²) in [5.74, 6) is -0.150. The van der Waals surface area contributed by atoms with Crippen molar-refractivity contribution < 1.29 is 19.8 Å². The summed E-state index contributed by atoms with van der Waals surface area (Å²) in [6.45, 7) is 8.19. The van der Waals surface area contributed by atoms with Crippen molar-refractivity contribution in [2.24, 2.45) is 20.8 Å². The Kier molecular flexibility index (Phi) is 9.26. The van der Waals surface area contributed by atoms with Crippen molar-refractivity contribution in [1.82, 2.24) is 0 Å². The van der Waals surface area contributed by atoms with E-state index in [4.69, 9.17) is 9.98 Å². The lowest BCUT2D eigenvalue weighted by atomic mass is 9.73. The van der Waals surface area contributed by atoms with E-state index in [-0.39, 0.29) is 46.8 Å². The van der Waals surface area contributed by atoms with Crippen molar-refractivity contribution in [2.75, 3.05) is 0 Å². The number of Topliss-reactive ketones (excluding diaryl/α,β-unsaturated/α-hetero) is 2.